The highest BCUT2D eigenvalue weighted by Crippen LogP contribution is 2.22. The molecule has 0 bridgehead atoms. The summed E-state index contributed by atoms with van der Waals surface area (Å²) in [5.74, 6) is 0.750. The molecule has 0 aliphatic heterocycles. The van der Waals surface area contributed by atoms with Crippen molar-refractivity contribution >= 4 is 5.69 Å². The van der Waals surface area contributed by atoms with Crippen molar-refractivity contribution < 1.29 is 4.74 Å². The molecule has 1 heterocycles. The summed E-state index contributed by atoms with van der Waals surface area (Å²) in [5.41, 5.74) is 8.86. The van der Waals surface area contributed by atoms with E-state index in [1.165, 1.54) is 0 Å². The molecular weight excluding hydrogens is 214 g/mol. The van der Waals surface area contributed by atoms with Gasteiger partial charge in [-0.15, -0.1) is 0 Å². The molecule has 0 atom stereocenters. The van der Waals surface area contributed by atoms with Crippen molar-refractivity contribution in [3.05, 3.63) is 41.7 Å². The summed E-state index contributed by atoms with van der Waals surface area (Å²) in [7, 11) is 1.91. The zero-order chi connectivity index (χ0) is 12.3. The van der Waals surface area contributed by atoms with Crippen molar-refractivity contribution in [1.29, 1.82) is 0 Å². The van der Waals surface area contributed by atoms with Crippen LogP contribution in [0.4, 0.5) is 5.69 Å². The van der Waals surface area contributed by atoms with E-state index in [1.54, 1.807) is 4.68 Å². The second-order valence-corrected chi connectivity index (χ2v) is 4.16. The molecular formula is C13H17N3O. The maximum absolute atomic E-state index is 5.86. The van der Waals surface area contributed by atoms with Gasteiger partial charge >= 0.3 is 0 Å². The molecule has 1 aromatic carbocycles. The molecule has 0 aliphatic rings. The Morgan fingerprint density at radius 3 is 2.88 bits per heavy atom. The number of rotatable bonds is 4. The van der Waals surface area contributed by atoms with Gasteiger partial charge in [0.2, 0.25) is 0 Å². The fourth-order valence-electron chi connectivity index (χ4n) is 1.68. The van der Waals surface area contributed by atoms with Crippen molar-refractivity contribution in [2.24, 2.45) is 7.05 Å². The molecule has 0 fully saturated rings. The highest BCUT2D eigenvalue weighted by Gasteiger charge is 2.01. The van der Waals surface area contributed by atoms with Gasteiger partial charge in [0.15, 0.2) is 0 Å². The lowest BCUT2D eigenvalue weighted by molar-refractivity contribution is 0.323. The van der Waals surface area contributed by atoms with Crippen LogP contribution >= 0.6 is 0 Å². The molecule has 90 valence electrons. The minimum Gasteiger partial charge on any atom is -0.491 e. The summed E-state index contributed by atoms with van der Waals surface area (Å²) in [5, 5.41) is 4.11. The summed E-state index contributed by atoms with van der Waals surface area (Å²) >= 11 is 0. The van der Waals surface area contributed by atoms with E-state index in [2.05, 4.69) is 5.10 Å². The molecule has 0 saturated carbocycles. The number of hydrogen-bond donors (Lipinski definition) is 1. The third-order valence-electron chi connectivity index (χ3n) is 2.57. The van der Waals surface area contributed by atoms with E-state index in [1.807, 2.05) is 44.6 Å². The molecule has 4 heteroatoms. The third kappa shape index (κ3) is 3.00. The maximum Gasteiger partial charge on any atom is 0.142 e. The Hall–Kier alpha value is -1.97. The predicted molar refractivity (Wildman–Crippen MR) is 68.0 cm³/mol. The summed E-state index contributed by atoms with van der Waals surface area (Å²) in [6, 6.07) is 5.82. The van der Waals surface area contributed by atoms with Gasteiger partial charge in [-0.05, 0) is 30.2 Å². The van der Waals surface area contributed by atoms with Crippen LogP contribution < -0.4 is 10.5 Å². The van der Waals surface area contributed by atoms with E-state index in [-0.39, 0.29) is 0 Å². The van der Waals surface area contributed by atoms with Gasteiger partial charge in [0.1, 0.15) is 5.75 Å². The van der Waals surface area contributed by atoms with E-state index in [9.17, 15) is 0 Å². The van der Waals surface area contributed by atoms with Crippen LogP contribution in [0.25, 0.3) is 0 Å². The van der Waals surface area contributed by atoms with Crippen LogP contribution in [-0.4, -0.2) is 16.4 Å². The molecule has 0 saturated heterocycles. The molecule has 1 aromatic heterocycles. The van der Waals surface area contributed by atoms with Gasteiger partial charge in [-0.2, -0.15) is 5.10 Å². The van der Waals surface area contributed by atoms with Gasteiger partial charge < -0.3 is 10.5 Å². The van der Waals surface area contributed by atoms with Crippen LogP contribution in [0, 0.1) is 6.92 Å². The molecule has 17 heavy (non-hydrogen) atoms. The Morgan fingerprint density at radius 1 is 1.41 bits per heavy atom. The summed E-state index contributed by atoms with van der Waals surface area (Å²) in [6.07, 6.45) is 4.67. The Bertz CT molecular complexity index is 505. The minimum absolute atomic E-state index is 0.610. The van der Waals surface area contributed by atoms with Crippen LogP contribution in [0.5, 0.6) is 5.75 Å². The van der Waals surface area contributed by atoms with Crippen molar-refractivity contribution in [2.45, 2.75) is 13.3 Å². The Kier molecular flexibility index (Phi) is 3.32. The van der Waals surface area contributed by atoms with E-state index in [0.717, 1.165) is 23.3 Å². The average molecular weight is 231 g/mol. The zero-order valence-corrected chi connectivity index (χ0v) is 10.2. The normalized spacial score (nSPS) is 10.5. The van der Waals surface area contributed by atoms with Gasteiger partial charge in [-0.1, -0.05) is 6.07 Å². The van der Waals surface area contributed by atoms with E-state index < -0.39 is 0 Å². The fraction of sp³-hybridized carbons (Fsp3) is 0.308. The number of aryl methyl sites for hydroxylation is 2. The Labute approximate surface area is 101 Å². The fourth-order valence-corrected chi connectivity index (χ4v) is 1.68. The third-order valence-corrected chi connectivity index (χ3v) is 2.57. The van der Waals surface area contributed by atoms with E-state index in [4.69, 9.17) is 10.5 Å². The molecule has 0 spiro atoms. The van der Waals surface area contributed by atoms with Crippen LogP contribution in [0.2, 0.25) is 0 Å². The largest absolute Gasteiger partial charge is 0.491 e. The number of nitrogens with zero attached hydrogens (tertiary/aromatic N) is 2. The average Bonchev–Trinajstić information content (AvgIpc) is 2.68. The molecule has 0 unspecified atom stereocenters. The molecule has 0 amide bonds. The van der Waals surface area contributed by atoms with E-state index >= 15 is 0 Å². The number of anilines is 1. The van der Waals surface area contributed by atoms with Crippen molar-refractivity contribution in [1.82, 2.24) is 9.78 Å². The van der Waals surface area contributed by atoms with E-state index in [0.29, 0.717) is 12.3 Å². The molecule has 2 aromatic rings. The SMILES string of the molecule is Cc1ccc(OCCc2cnn(C)c2)c(N)c1. The lowest BCUT2D eigenvalue weighted by Crippen LogP contribution is -2.03. The number of ether oxygens (including phenoxy) is 1. The first-order valence-electron chi connectivity index (χ1n) is 5.61. The molecule has 2 N–H and O–H groups in total. The van der Waals surface area contributed by atoms with Crippen molar-refractivity contribution in [3.63, 3.8) is 0 Å². The predicted octanol–water partition coefficient (Wildman–Crippen LogP) is 1.93. The standard InChI is InChI=1S/C13H17N3O/c1-10-3-4-13(12(14)7-10)17-6-5-11-8-15-16(2)9-11/h3-4,7-9H,5-6,14H2,1-2H3. The second-order valence-electron chi connectivity index (χ2n) is 4.16. The highest BCUT2D eigenvalue weighted by molar-refractivity contribution is 5.53. The smallest absolute Gasteiger partial charge is 0.142 e. The van der Waals surface area contributed by atoms with Crippen LogP contribution in [-0.2, 0) is 13.5 Å². The summed E-state index contributed by atoms with van der Waals surface area (Å²) in [4.78, 5) is 0. The highest BCUT2D eigenvalue weighted by atomic mass is 16.5. The molecule has 4 nitrogen and oxygen atoms in total. The topological polar surface area (TPSA) is 53.1 Å². The molecule has 0 radical (unpaired) electrons. The Morgan fingerprint density at radius 2 is 2.24 bits per heavy atom. The van der Waals surface area contributed by atoms with Gasteiger partial charge in [0.05, 0.1) is 18.5 Å². The van der Waals surface area contributed by atoms with Crippen LogP contribution in [0.3, 0.4) is 0 Å². The lowest BCUT2D eigenvalue weighted by Gasteiger charge is -2.08. The van der Waals surface area contributed by atoms with Crippen molar-refractivity contribution in [2.75, 3.05) is 12.3 Å². The molecule has 0 aliphatic carbocycles. The molecule has 2 rings (SSSR count). The first-order chi connectivity index (χ1) is 8.15. The monoisotopic (exact) mass is 231 g/mol. The van der Waals surface area contributed by atoms with Gasteiger partial charge in [0, 0.05) is 19.7 Å². The van der Waals surface area contributed by atoms with Gasteiger partial charge in [0.25, 0.3) is 0 Å². The number of aromatic nitrogens is 2. The van der Waals surface area contributed by atoms with Gasteiger partial charge in [-0.25, -0.2) is 0 Å². The number of benzene rings is 1. The van der Waals surface area contributed by atoms with Gasteiger partial charge in [-0.3, -0.25) is 4.68 Å². The second kappa shape index (κ2) is 4.91. The zero-order valence-electron chi connectivity index (χ0n) is 10.2. The van der Waals surface area contributed by atoms with Crippen LogP contribution in [0.15, 0.2) is 30.6 Å². The van der Waals surface area contributed by atoms with Crippen LogP contribution in [0.1, 0.15) is 11.1 Å². The quantitative estimate of drug-likeness (QED) is 0.818. The Balaban J connectivity index is 1.90. The number of nitrogen functional groups attached to an aromatic ring is 1. The first kappa shape index (κ1) is 11.5. The van der Waals surface area contributed by atoms with Crippen molar-refractivity contribution in [3.8, 4) is 5.75 Å². The number of hydrogen-bond acceptors (Lipinski definition) is 3. The summed E-state index contributed by atoms with van der Waals surface area (Å²) in [6.45, 7) is 2.62. The first-order valence-corrected chi connectivity index (χ1v) is 5.61. The maximum atomic E-state index is 5.86. The summed E-state index contributed by atoms with van der Waals surface area (Å²) < 4.78 is 7.43. The number of nitrogens with two attached hydrogens (primary N) is 1. The lowest BCUT2D eigenvalue weighted by atomic mass is 10.2. The minimum atomic E-state index is 0.610.